The first-order valence-electron chi connectivity index (χ1n) is 8.95. The minimum atomic E-state index is 0.619. The molecule has 3 rings (SSSR count). The minimum absolute atomic E-state index is 0.619. The van der Waals surface area contributed by atoms with Crippen molar-refractivity contribution in [1.82, 2.24) is 15.1 Å². The number of nitrogens with zero attached hydrogens (tertiary/aromatic N) is 2. The zero-order chi connectivity index (χ0) is 16.9. The Kier molecular flexibility index (Phi) is 5.41. The molecule has 1 aliphatic rings. The summed E-state index contributed by atoms with van der Waals surface area (Å²) in [6.07, 6.45) is 2.01. The van der Waals surface area contributed by atoms with Crippen LogP contribution in [0.4, 0.5) is 0 Å². The summed E-state index contributed by atoms with van der Waals surface area (Å²) in [4.78, 5) is 2.45. The van der Waals surface area contributed by atoms with E-state index in [1.165, 1.54) is 11.3 Å². The van der Waals surface area contributed by atoms with E-state index in [1.54, 1.807) is 0 Å². The van der Waals surface area contributed by atoms with Gasteiger partial charge in [0.05, 0.1) is 18.9 Å². The van der Waals surface area contributed by atoms with Crippen molar-refractivity contribution in [3.63, 3.8) is 0 Å². The number of rotatable bonds is 7. The molecule has 5 heteroatoms. The average molecular weight is 329 g/mol. The molecule has 0 atom stereocenters. The van der Waals surface area contributed by atoms with Crippen molar-refractivity contribution < 1.29 is 9.47 Å². The molecular weight excluding hydrogens is 302 g/mol. The fraction of sp³-hybridized carbons (Fsp3) is 0.526. The molecule has 0 saturated carbocycles. The van der Waals surface area contributed by atoms with Crippen LogP contribution in [0.5, 0.6) is 11.5 Å². The third-order valence-electron chi connectivity index (χ3n) is 4.44. The Bertz CT molecular complexity index is 681. The van der Waals surface area contributed by atoms with Gasteiger partial charge in [-0.05, 0) is 38.1 Å². The Hall–Kier alpha value is -2.01. The van der Waals surface area contributed by atoms with Crippen molar-refractivity contribution >= 4 is 0 Å². The van der Waals surface area contributed by atoms with E-state index in [4.69, 9.17) is 9.47 Å². The first kappa shape index (κ1) is 16.8. The first-order chi connectivity index (χ1) is 11.8. The Morgan fingerprint density at radius 1 is 1.17 bits per heavy atom. The number of likely N-dealkylation sites (N-methyl/N-ethyl adjacent to an activating group) is 1. The lowest BCUT2D eigenvalue weighted by atomic mass is 10.0. The van der Waals surface area contributed by atoms with E-state index in [9.17, 15) is 0 Å². The molecule has 130 valence electrons. The Balaban J connectivity index is 1.92. The third kappa shape index (κ3) is 3.41. The van der Waals surface area contributed by atoms with E-state index < -0.39 is 0 Å². The molecule has 0 bridgehead atoms. The molecule has 0 fully saturated rings. The van der Waals surface area contributed by atoms with Gasteiger partial charge in [-0.2, -0.15) is 5.10 Å². The summed E-state index contributed by atoms with van der Waals surface area (Å²) in [6, 6.07) is 6.13. The zero-order valence-corrected chi connectivity index (χ0v) is 14.9. The molecule has 1 aromatic carbocycles. The van der Waals surface area contributed by atoms with Crippen LogP contribution in [-0.4, -0.2) is 41.4 Å². The molecule has 1 aromatic heterocycles. The molecule has 0 radical (unpaired) electrons. The molecule has 0 unspecified atom stereocenters. The maximum atomic E-state index is 5.80. The fourth-order valence-electron chi connectivity index (χ4n) is 3.11. The van der Waals surface area contributed by atoms with Crippen molar-refractivity contribution in [3.8, 4) is 22.8 Å². The quantitative estimate of drug-likeness (QED) is 0.842. The second kappa shape index (κ2) is 7.71. The molecule has 1 aliphatic heterocycles. The monoisotopic (exact) mass is 329 g/mol. The van der Waals surface area contributed by atoms with Gasteiger partial charge in [-0.15, -0.1) is 0 Å². The summed E-state index contributed by atoms with van der Waals surface area (Å²) in [7, 11) is 0. The van der Waals surface area contributed by atoms with Crippen molar-refractivity contribution in [2.24, 2.45) is 0 Å². The van der Waals surface area contributed by atoms with Gasteiger partial charge in [0, 0.05) is 36.3 Å². The van der Waals surface area contributed by atoms with Crippen LogP contribution in [-0.2, 0) is 13.0 Å². The molecule has 0 saturated heterocycles. The number of hydrogen-bond donors (Lipinski definition) is 1. The molecule has 2 heterocycles. The lowest BCUT2D eigenvalue weighted by Gasteiger charge is -2.25. The molecule has 0 amide bonds. The second-order valence-corrected chi connectivity index (χ2v) is 6.09. The molecule has 5 nitrogen and oxygen atoms in total. The van der Waals surface area contributed by atoms with Crippen molar-refractivity contribution in [3.05, 3.63) is 29.5 Å². The van der Waals surface area contributed by atoms with Gasteiger partial charge in [-0.25, -0.2) is 0 Å². The highest BCUT2D eigenvalue weighted by Crippen LogP contribution is 2.35. The minimum Gasteiger partial charge on any atom is -0.490 e. The topological polar surface area (TPSA) is 50.4 Å². The number of fused-ring (bicyclic) bond motifs is 1. The maximum absolute atomic E-state index is 5.80. The number of aromatic nitrogens is 2. The van der Waals surface area contributed by atoms with E-state index in [2.05, 4.69) is 41.1 Å². The summed E-state index contributed by atoms with van der Waals surface area (Å²) in [5.74, 6) is 1.60. The molecule has 0 aliphatic carbocycles. The summed E-state index contributed by atoms with van der Waals surface area (Å²) in [5.41, 5.74) is 4.69. The highest BCUT2D eigenvalue weighted by atomic mass is 16.5. The van der Waals surface area contributed by atoms with E-state index in [0.717, 1.165) is 55.2 Å². The standard InChI is InChI=1S/C19H27N3O2/c1-4-11-24-17-8-7-14(12-18(17)23-6-3)19-15-13-22(5-2)10-9-16(15)20-21-19/h7-8,12H,4-6,9-11,13H2,1-3H3,(H,20,21). The van der Waals surface area contributed by atoms with Gasteiger partial charge in [0.25, 0.3) is 0 Å². The summed E-state index contributed by atoms with van der Waals surface area (Å²) >= 11 is 0. The summed E-state index contributed by atoms with van der Waals surface area (Å²) in [6.45, 7) is 10.7. The van der Waals surface area contributed by atoms with Crippen LogP contribution in [0.2, 0.25) is 0 Å². The van der Waals surface area contributed by atoms with Gasteiger partial charge in [0.15, 0.2) is 11.5 Å². The Labute approximate surface area is 144 Å². The molecule has 0 spiro atoms. The van der Waals surface area contributed by atoms with E-state index in [-0.39, 0.29) is 0 Å². The summed E-state index contributed by atoms with van der Waals surface area (Å²) in [5, 5.41) is 7.80. The average Bonchev–Trinajstić information content (AvgIpc) is 3.03. The molecular formula is C19H27N3O2. The first-order valence-corrected chi connectivity index (χ1v) is 8.95. The van der Waals surface area contributed by atoms with E-state index in [1.807, 2.05) is 13.0 Å². The van der Waals surface area contributed by atoms with Crippen LogP contribution in [0.15, 0.2) is 18.2 Å². The van der Waals surface area contributed by atoms with Crippen LogP contribution < -0.4 is 9.47 Å². The number of benzene rings is 1. The van der Waals surface area contributed by atoms with E-state index >= 15 is 0 Å². The van der Waals surface area contributed by atoms with Crippen molar-refractivity contribution in [2.45, 2.75) is 40.2 Å². The van der Waals surface area contributed by atoms with Crippen LogP contribution in [0, 0.1) is 0 Å². The van der Waals surface area contributed by atoms with Gasteiger partial charge >= 0.3 is 0 Å². The largest absolute Gasteiger partial charge is 0.490 e. The Morgan fingerprint density at radius 2 is 2.04 bits per heavy atom. The predicted molar refractivity (Wildman–Crippen MR) is 95.6 cm³/mol. The Morgan fingerprint density at radius 3 is 2.79 bits per heavy atom. The lowest BCUT2D eigenvalue weighted by Crippen LogP contribution is -2.30. The predicted octanol–water partition coefficient (Wildman–Crippen LogP) is 3.64. The number of aromatic amines is 1. The number of ether oxygens (including phenoxy) is 2. The maximum Gasteiger partial charge on any atom is 0.161 e. The highest BCUT2D eigenvalue weighted by Gasteiger charge is 2.22. The molecule has 1 N–H and O–H groups in total. The molecule has 24 heavy (non-hydrogen) atoms. The third-order valence-corrected chi connectivity index (χ3v) is 4.44. The van der Waals surface area contributed by atoms with Crippen molar-refractivity contribution in [2.75, 3.05) is 26.3 Å². The zero-order valence-electron chi connectivity index (χ0n) is 14.9. The summed E-state index contributed by atoms with van der Waals surface area (Å²) < 4.78 is 11.6. The molecule has 2 aromatic rings. The van der Waals surface area contributed by atoms with Crippen LogP contribution >= 0.6 is 0 Å². The van der Waals surface area contributed by atoms with Crippen molar-refractivity contribution in [1.29, 1.82) is 0 Å². The number of H-pyrrole nitrogens is 1. The normalized spacial score (nSPS) is 14.5. The van der Waals surface area contributed by atoms with Gasteiger partial charge < -0.3 is 9.47 Å². The smallest absolute Gasteiger partial charge is 0.161 e. The van der Waals surface area contributed by atoms with Gasteiger partial charge in [-0.1, -0.05) is 13.8 Å². The van der Waals surface area contributed by atoms with E-state index in [0.29, 0.717) is 13.2 Å². The van der Waals surface area contributed by atoms with Crippen LogP contribution in [0.3, 0.4) is 0 Å². The van der Waals surface area contributed by atoms with Gasteiger partial charge in [0.2, 0.25) is 0 Å². The van der Waals surface area contributed by atoms with Gasteiger partial charge in [-0.3, -0.25) is 10.00 Å². The van der Waals surface area contributed by atoms with Crippen LogP contribution in [0.25, 0.3) is 11.3 Å². The highest BCUT2D eigenvalue weighted by molar-refractivity contribution is 5.68. The fourth-order valence-corrected chi connectivity index (χ4v) is 3.11. The second-order valence-electron chi connectivity index (χ2n) is 6.09. The van der Waals surface area contributed by atoms with Crippen LogP contribution in [0.1, 0.15) is 38.4 Å². The lowest BCUT2D eigenvalue weighted by molar-refractivity contribution is 0.267. The number of nitrogens with one attached hydrogen (secondary N) is 1. The van der Waals surface area contributed by atoms with Gasteiger partial charge in [0.1, 0.15) is 0 Å². The SMILES string of the molecule is CCCOc1ccc(-c2n[nH]c3c2CN(CC)CC3)cc1OCC. The number of hydrogen-bond acceptors (Lipinski definition) is 4.